The summed E-state index contributed by atoms with van der Waals surface area (Å²) in [7, 11) is 0. The third kappa shape index (κ3) is 3.98. The van der Waals surface area contributed by atoms with Crippen LogP contribution in [0.1, 0.15) is 46.0 Å². The summed E-state index contributed by atoms with van der Waals surface area (Å²) >= 11 is 0. The molecule has 1 unspecified atom stereocenters. The summed E-state index contributed by atoms with van der Waals surface area (Å²) in [5.74, 6) is -1.08. The molecule has 0 aromatic heterocycles. The summed E-state index contributed by atoms with van der Waals surface area (Å²) in [5.41, 5.74) is -0.474. The average molecular weight is 256 g/mol. The minimum atomic E-state index is -0.941. The fraction of sp³-hybridized carbons (Fsp3) is 0.846. The Kier molecular flexibility index (Phi) is 5.59. The number of nitrogens with one attached hydrogen (secondary N) is 2. The average Bonchev–Trinajstić information content (AvgIpc) is 2.34. The Balaban J connectivity index is 2.56. The summed E-state index contributed by atoms with van der Waals surface area (Å²) in [6.45, 7) is 5.46. The van der Waals surface area contributed by atoms with E-state index in [1.165, 1.54) is 0 Å². The Labute approximate surface area is 108 Å². The summed E-state index contributed by atoms with van der Waals surface area (Å²) < 4.78 is 0. The van der Waals surface area contributed by atoms with Crippen LogP contribution in [0.3, 0.4) is 0 Å². The molecule has 0 bridgehead atoms. The van der Waals surface area contributed by atoms with Gasteiger partial charge in [-0.25, -0.2) is 4.79 Å². The lowest BCUT2D eigenvalue weighted by atomic mass is 9.81. The first-order valence-corrected chi connectivity index (χ1v) is 6.74. The van der Waals surface area contributed by atoms with Gasteiger partial charge in [0.05, 0.1) is 5.41 Å². The van der Waals surface area contributed by atoms with Gasteiger partial charge in [0.1, 0.15) is 6.04 Å². The maximum absolute atomic E-state index is 12.2. The van der Waals surface area contributed by atoms with Crippen molar-refractivity contribution in [1.29, 1.82) is 0 Å². The van der Waals surface area contributed by atoms with Gasteiger partial charge in [0.15, 0.2) is 0 Å². The van der Waals surface area contributed by atoms with Crippen molar-refractivity contribution in [3.05, 3.63) is 0 Å². The Morgan fingerprint density at radius 3 is 2.72 bits per heavy atom. The highest BCUT2D eigenvalue weighted by Gasteiger charge is 2.36. The summed E-state index contributed by atoms with van der Waals surface area (Å²) in [6, 6.07) is -0.754. The highest BCUT2D eigenvalue weighted by molar-refractivity contribution is 5.87. The van der Waals surface area contributed by atoms with E-state index < -0.39 is 17.4 Å². The van der Waals surface area contributed by atoms with Crippen LogP contribution in [0.25, 0.3) is 0 Å². The van der Waals surface area contributed by atoms with Crippen LogP contribution in [-0.2, 0) is 9.59 Å². The number of piperidine rings is 1. The number of carbonyl (C=O) groups is 2. The van der Waals surface area contributed by atoms with E-state index in [0.29, 0.717) is 13.0 Å². The zero-order chi connectivity index (χ0) is 13.6. The predicted molar refractivity (Wildman–Crippen MR) is 69.3 cm³/mol. The number of carboxylic acids is 1. The standard InChI is InChI=1S/C13H24N2O3/c1-3-4-6-10(11(16)17)15-12(18)13(2)7-5-8-14-9-13/h10,14H,3-9H2,1-2H3,(H,15,18)(H,16,17)/t10-,13?/m0/s1. The SMILES string of the molecule is CCCC[C@H](NC(=O)C1(C)CCCNC1)C(=O)O. The molecule has 1 rings (SSSR count). The minimum absolute atomic E-state index is 0.141. The zero-order valence-electron chi connectivity index (χ0n) is 11.3. The molecule has 0 aromatic carbocycles. The molecule has 3 N–H and O–H groups in total. The van der Waals surface area contributed by atoms with E-state index in [9.17, 15) is 9.59 Å². The second-order valence-electron chi connectivity index (χ2n) is 5.35. The van der Waals surface area contributed by atoms with E-state index in [1.807, 2.05) is 13.8 Å². The van der Waals surface area contributed by atoms with Gasteiger partial charge < -0.3 is 15.7 Å². The van der Waals surface area contributed by atoms with Crippen LogP contribution in [0.5, 0.6) is 0 Å². The molecule has 0 radical (unpaired) electrons. The monoisotopic (exact) mass is 256 g/mol. The number of amides is 1. The largest absolute Gasteiger partial charge is 0.480 e. The second-order valence-corrected chi connectivity index (χ2v) is 5.35. The Bertz CT molecular complexity index is 299. The molecule has 5 nitrogen and oxygen atoms in total. The smallest absolute Gasteiger partial charge is 0.326 e. The summed E-state index contributed by atoms with van der Waals surface area (Å²) in [5, 5.41) is 15.0. The van der Waals surface area contributed by atoms with Gasteiger partial charge in [-0.3, -0.25) is 4.79 Å². The fourth-order valence-corrected chi connectivity index (χ4v) is 2.25. The van der Waals surface area contributed by atoms with Crippen molar-refractivity contribution < 1.29 is 14.7 Å². The maximum Gasteiger partial charge on any atom is 0.326 e. The van der Waals surface area contributed by atoms with Crippen molar-refractivity contribution in [3.8, 4) is 0 Å². The van der Waals surface area contributed by atoms with Crippen LogP contribution in [0, 0.1) is 5.41 Å². The summed E-state index contributed by atoms with van der Waals surface area (Å²) in [6.07, 6.45) is 4.01. The molecule has 0 spiro atoms. The van der Waals surface area contributed by atoms with E-state index in [1.54, 1.807) is 0 Å². The van der Waals surface area contributed by atoms with E-state index >= 15 is 0 Å². The molecule has 0 aromatic rings. The molecule has 104 valence electrons. The van der Waals surface area contributed by atoms with Gasteiger partial charge in [-0.2, -0.15) is 0 Å². The quantitative estimate of drug-likeness (QED) is 0.666. The van der Waals surface area contributed by atoms with Crippen LogP contribution in [-0.4, -0.2) is 36.1 Å². The minimum Gasteiger partial charge on any atom is -0.480 e. The van der Waals surface area contributed by atoms with Crippen LogP contribution < -0.4 is 10.6 Å². The van der Waals surface area contributed by atoms with Crippen molar-refractivity contribution in [3.63, 3.8) is 0 Å². The number of hydrogen-bond donors (Lipinski definition) is 3. The van der Waals surface area contributed by atoms with Crippen LogP contribution >= 0.6 is 0 Å². The lowest BCUT2D eigenvalue weighted by Gasteiger charge is -2.33. The van der Waals surface area contributed by atoms with Crippen molar-refractivity contribution in [2.75, 3.05) is 13.1 Å². The van der Waals surface area contributed by atoms with Crippen molar-refractivity contribution >= 4 is 11.9 Å². The molecular weight excluding hydrogens is 232 g/mol. The van der Waals surface area contributed by atoms with Crippen LogP contribution in [0.4, 0.5) is 0 Å². The van der Waals surface area contributed by atoms with Gasteiger partial charge in [0, 0.05) is 6.54 Å². The molecule has 0 aliphatic carbocycles. The first-order valence-electron chi connectivity index (χ1n) is 6.74. The Hall–Kier alpha value is -1.10. The highest BCUT2D eigenvalue weighted by atomic mass is 16.4. The first-order chi connectivity index (χ1) is 8.49. The van der Waals surface area contributed by atoms with Gasteiger partial charge in [0.2, 0.25) is 5.91 Å². The molecule has 5 heteroatoms. The number of carboxylic acid groups (broad SMARTS) is 1. The third-order valence-electron chi connectivity index (χ3n) is 3.60. The topological polar surface area (TPSA) is 78.4 Å². The lowest BCUT2D eigenvalue weighted by molar-refractivity contribution is -0.144. The molecular formula is C13H24N2O3. The van der Waals surface area contributed by atoms with Crippen molar-refractivity contribution in [2.45, 2.75) is 52.0 Å². The molecule has 1 aliphatic heterocycles. The maximum atomic E-state index is 12.2. The van der Waals surface area contributed by atoms with E-state index in [-0.39, 0.29) is 5.91 Å². The van der Waals surface area contributed by atoms with Crippen molar-refractivity contribution in [2.24, 2.45) is 5.41 Å². The van der Waals surface area contributed by atoms with Gasteiger partial charge in [0.25, 0.3) is 0 Å². The van der Waals surface area contributed by atoms with Gasteiger partial charge in [-0.1, -0.05) is 19.8 Å². The predicted octanol–water partition coefficient (Wildman–Crippen LogP) is 1.14. The molecule has 1 saturated heterocycles. The number of rotatable bonds is 6. The third-order valence-corrected chi connectivity index (χ3v) is 3.60. The molecule has 1 aliphatic rings. The summed E-state index contributed by atoms with van der Waals surface area (Å²) in [4.78, 5) is 23.3. The molecule has 18 heavy (non-hydrogen) atoms. The molecule has 1 heterocycles. The van der Waals surface area contributed by atoms with E-state index in [4.69, 9.17) is 5.11 Å². The lowest BCUT2D eigenvalue weighted by Crippen LogP contribution is -2.52. The Morgan fingerprint density at radius 1 is 1.50 bits per heavy atom. The Morgan fingerprint density at radius 2 is 2.22 bits per heavy atom. The number of carbonyl (C=O) groups excluding carboxylic acids is 1. The van der Waals surface area contributed by atoms with Gasteiger partial charge in [-0.15, -0.1) is 0 Å². The molecule has 0 saturated carbocycles. The van der Waals surface area contributed by atoms with Gasteiger partial charge in [-0.05, 0) is 32.7 Å². The van der Waals surface area contributed by atoms with Crippen LogP contribution in [0.15, 0.2) is 0 Å². The number of unbranched alkanes of at least 4 members (excludes halogenated alkanes) is 1. The van der Waals surface area contributed by atoms with E-state index in [0.717, 1.165) is 32.2 Å². The molecule has 2 atom stereocenters. The van der Waals surface area contributed by atoms with E-state index in [2.05, 4.69) is 10.6 Å². The number of aliphatic carboxylic acids is 1. The van der Waals surface area contributed by atoms with Crippen molar-refractivity contribution in [1.82, 2.24) is 10.6 Å². The first kappa shape index (κ1) is 15.0. The zero-order valence-corrected chi connectivity index (χ0v) is 11.3. The normalized spacial score (nSPS) is 25.4. The van der Waals surface area contributed by atoms with Crippen LogP contribution in [0.2, 0.25) is 0 Å². The molecule has 1 amide bonds. The number of hydrogen-bond acceptors (Lipinski definition) is 3. The van der Waals surface area contributed by atoms with Gasteiger partial charge >= 0.3 is 5.97 Å². The fourth-order valence-electron chi connectivity index (χ4n) is 2.25. The second kappa shape index (κ2) is 6.73. The highest BCUT2D eigenvalue weighted by Crippen LogP contribution is 2.25. The molecule has 1 fully saturated rings.